The van der Waals surface area contributed by atoms with Gasteiger partial charge in [0, 0.05) is 0 Å². The molecule has 3 N–H and O–H groups in total. The zero-order valence-electron chi connectivity index (χ0n) is 13.7. The molecule has 0 bridgehead atoms. The topological polar surface area (TPSA) is 85.8 Å². The number of nitrogens with two attached hydrogens (primary N) is 1. The summed E-state index contributed by atoms with van der Waals surface area (Å²) in [6, 6.07) is 8.37. The Morgan fingerprint density at radius 2 is 2.00 bits per heavy atom. The minimum Gasteiger partial charge on any atom is -0.349 e. The smallest absolute Gasteiger partial charge is 0.230 e. The number of nitrogens with one attached hydrogen (secondary N) is 1. The Bertz CT molecular complexity index is 638. The number of thioether (sulfide) groups is 1. The Morgan fingerprint density at radius 1 is 1.30 bits per heavy atom. The summed E-state index contributed by atoms with van der Waals surface area (Å²) in [5.41, 5.74) is 2.41. The van der Waals surface area contributed by atoms with Crippen molar-refractivity contribution in [1.29, 1.82) is 0 Å². The number of benzene rings is 1. The first-order chi connectivity index (χ1) is 11.0. The predicted molar refractivity (Wildman–Crippen MR) is 92.4 cm³/mol. The van der Waals surface area contributed by atoms with Gasteiger partial charge in [-0.2, -0.15) is 0 Å². The van der Waals surface area contributed by atoms with Crippen LogP contribution in [0.3, 0.4) is 0 Å². The highest BCUT2D eigenvalue weighted by Crippen LogP contribution is 2.17. The minimum absolute atomic E-state index is 0.0352. The molecule has 124 valence electrons. The molecular formula is C16H23N5OS. The van der Waals surface area contributed by atoms with Crippen LogP contribution in [0.15, 0.2) is 35.7 Å². The highest BCUT2D eigenvalue weighted by Gasteiger charge is 2.12. The Morgan fingerprint density at radius 3 is 2.57 bits per heavy atom. The molecule has 7 heteroatoms. The van der Waals surface area contributed by atoms with Gasteiger partial charge in [-0.3, -0.25) is 4.79 Å². The molecule has 1 heterocycles. The average Bonchev–Trinajstić information content (AvgIpc) is 2.90. The quantitative estimate of drug-likeness (QED) is 0.599. The van der Waals surface area contributed by atoms with E-state index in [0.29, 0.717) is 11.1 Å². The molecule has 0 aliphatic heterocycles. The molecule has 1 aromatic carbocycles. The van der Waals surface area contributed by atoms with Crippen molar-refractivity contribution in [1.82, 2.24) is 20.2 Å². The zero-order valence-corrected chi connectivity index (χ0v) is 14.5. The van der Waals surface area contributed by atoms with Gasteiger partial charge < -0.3 is 11.2 Å². The molecule has 1 aromatic heterocycles. The van der Waals surface area contributed by atoms with E-state index in [1.807, 2.05) is 6.92 Å². The third-order valence-corrected chi connectivity index (χ3v) is 4.33. The maximum atomic E-state index is 12.0. The van der Waals surface area contributed by atoms with Crippen LogP contribution < -0.4 is 11.2 Å². The average molecular weight is 333 g/mol. The number of nitrogens with zero attached hydrogens (tertiary/aromatic N) is 3. The molecule has 0 fully saturated rings. The van der Waals surface area contributed by atoms with Crippen molar-refractivity contribution in [3.63, 3.8) is 0 Å². The number of carbonyl (C=O) groups is 1. The maximum absolute atomic E-state index is 12.0. The normalized spacial score (nSPS) is 12.3. The van der Waals surface area contributed by atoms with Crippen LogP contribution in [-0.2, 0) is 11.2 Å². The van der Waals surface area contributed by atoms with E-state index in [-0.39, 0.29) is 17.7 Å². The molecule has 0 saturated heterocycles. The molecular weight excluding hydrogens is 310 g/mol. The van der Waals surface area contributed by atoms with Gasteiger partial charge in [0.15, 0.2) is 0 Å². The molecule has 2 aromatic rings. The summed E-state index contributed by atoms with van der Waals surface area (Å²) in [7, 11) is 0. The largest absolute Gasteiger partial charge is 0.349 e. The van der Waals surface area contributed by atoms with Crippen LogP contribution in [0.2, 0.25) is 0 Å². The van der Waals surface area contributed by atoms with Gasteiger partial charge in [-0.15, -0.1) is 10.2 Å². The van der Waals surface area contributed by atoms with Crippen LogP contribution in [0.5, 0.6) is 0 Å². The summed E-state index contributed by atoms with van der Waals surface area (Å²) in [5, 5.41) is 11.0. The fraction of sp³-hybridized carbons (Fsp3) is 0.438. The summed E-state index contributed by atoms with van der Waals surface area (Å²) < 4.78 is 1.30. The molecule has 2 rings (SSSR count). The minimum atomic E-state index is -0.0586. The number of aromatic nitrogens is 3. The van der Waals surface area contributed by atoms with E-state index in [9.17, 15) is 4.79 Å². The SMILES string of the molecule is CC(C)Cc1ccc([C@H](C)NC(=O)CSc2nncn2N)cc1. The second-order valence-electron chi connectivity index (χ2n) is 5.94. The monoisotopic (exact) mass is 333 g/mol. The lowest BCUT2D eigenvalue weighted by Crippen LogP contribution is -2.28. The highest BCUT2D eigenvalue weighted by atomic mass is 32.2. The van der Waals surface area contributed by atoms with Crippen molar-refractivity contribution in [2.45, 2.75) is 38.4 Å². The summed E-state index contributed by atoms with van der Waals surface area (Å²) in [6.45, 7) is 6.39. The first-order valence-corrected chi connectivity index (χ1v) is 8.60. The van der Waals surface area contributed by atoms with Crippen LogP contribution in [-0.4, -0.2) is 26.5 Å². The number of amides is 1. The van der Waals surface area contributed by atoms with Crippen LogP contribution in [0, 0.1) is 5.92 Å². The molecule has 0 spiro atoms. The zero-order chi connectivity index (χ0) is 16.8. The lowest BCUT2D eigenvalue weighted by molar-refractivity contribution is -0.119. The third-order valence-electron chi connectivity index (χ3n) is 3.37. The van der Waals surface area contributed by atoms with Gasteiger partial charge >= 0.3 is 0 Å². The van der Waals surface area contributed by atoms with E-state index in [2.05, 4.69) is 53.6 Å². The van der Waals surface area contributed by atoms with E-state index in [0.717, 1.165) is 12.0 Å². The van der Waals surface area contributed by atoms with E-state index in [4.69, 9.17) is 5.84 Å². The van der Waals surface area contributed by atoms with E-state index < -0.39 is 0 Å². The second kappa shape index (κ2) is 8.01. The third kappa shape index (κ3) is 5.28. The summed E-state index contributed by atoms with van der Waals surface area (Å²) in [5.74, 6) is 6.44. The van der Waals surface area contributed by atoms with Crippen LogP contribution in [0.4, 0.5) is 0 Å². The van der Waals surface area contributed by atoms with Crippen LogP contribution in [0.25, 0.3) is 0 Å². The summed E-state index contributed by atoms with van der Waals surface area (Å²) in [6.07, 6.45) is 2.47. The van der Waals surface area contributed by atoms with Gasteiger partial charge in [0.2, 0.25) is 11.1 Å². The summed E-state index contributed by atoms with van der Waals surface area (Å²) >= 11 is 1.26. The first-order valence-electron chi connectivity index (χ1n) is 7.61. The van der Waals surface area contributed by atoms with Crippen LogP contribution >= 0.6 is 11.8 Å². The van der Waals surface area contributed by atoms with Crippen LogP contribution in [0.1, 0.15) is 37.9 Å². The number of rotatable bonds is 7. The Labute approximate surface area is 140 Å². The number of hydrogen-bond donors (Lipinski definition) is 2. The molecule has 1 amide bonds. The molecule has 1 atom stereocenters. The Hall–Kier alpha value is -2.02. The van der Waals surface area contributed by atoms with Crippen molar-refractivity contribution < 1.29 is 4.79 Å². The standard InChI is InChI=1S/C16H23N5OS/c1-11(2)8-13-4-6-14(7-5-13)12(3)19-15(22)9-23-16-20-18-10-21(16)17/h4-7,10-12H,8-9,17H2,1-3H3,(H,19,22)/t12-/m0/s1. The van der Waals surface area contributed by atoms with Crippen molar-refractivity contribution in [2.75, 3.05) is 11.6 Å². The number of hydrogen-bond acceptors (Lipinski definition) is 5. The molecule has 0 aliphatic carbocycles. The molecule has 6 nitrogen and oxygen atoms in total. The van der Waals surface area contributed by atoms with Crippen molar-refractivity contribution in [3.8, 4) is 0 Å². The summed E-state index contributed by atoms with van der Waals surface area (Å²) in [4.78, 5) is 12.0. The number of carbonyl (C=O) groups excluding carboxylic acids is 1. The van der Waals surface area contributed by atoms with Crippen molar-refractivity contribution >= 4 is 17.7 Å². The maximum Gasteiger partial charge on any atom is 0.230 e. The second-order valence-corrected chi connectivity index (χ2v) is 6.88. The first kappa shape index (κ1) is 17.3. The molecule has 0 unspecified atom stereocenters. The van der Waals surface area contributed by atoms with Gasteiger partial charge in [-0.25, -0.2) is 4.68 Å². The van der Waals surface area contributed by atoms with Crippen molar-refractivity contribution in [2.24, 2.45) is 5.92 Å². The van der Waals surface area contributed by atoms with Gasteiger partial charge in [-0.05, 0) is 30.4 Å². The lowest BCUT2D eigenvalue weighted by Gasteiger charge is -2.15. The van der Waals surface area contributed by atoms with Gasteiger partial charge in [0.1, 0.15) is 6.33 Å². The molecule has 0 radical (unpaired) electrons. The Kier molecular flexibility index (Phi) is 6.04. The Balaban J connectivity index is 1.84. The lowest BCUT2D eigenvalue weighted by atomic mass is 10.00. The van der Waals surface area contributed by atoms with Crippen molar-refractivity contribution in [3.05, 3.63) is 41.7 Å². The molecule has 23 heavy (non-hydrogen) atoms. The fourth-order valence-corrected chi connectivity index (χ4v) is 2.89. The fourth-order valence-electron chi connectivity index (χ4n) is 2.25. The van der Waals surface area contributed by atoms with Gasteiger partial charge in [-0.1, -0.05) is 49.9 Å². The number of nitrogen functional groups attached to an aromatic ring is 1. The van der Waals surface area contributed by atoms with E-state index >= 15 is 0 Å². The predicted octanol–water partition coefficient (Wildman–Crippen LogP) is 2.16. The highest BCUT2D eigenvalue weighted by molar-refractivity contribution is 7.99. The van der Waals surface area contributed by atoms with E-state index in [1.54, 1.807) is 0 Å². The molecule has 0 saturated carbocycles. The van der Waals surface area contributed by atoms with Gasteiger partial charge in [0.05, 0.1) is 11.8 Å². The van der Waals surface area contributed by atoms with Gasteiger partial charge in [0.25, 0.3) is 0 Å². The van der Waals surface area contributed by atoms with E-state index in [1.165, 1.54) is 28.3 Å². The molecule has 0 aliphatic rings.